The molecule has 0 amide bonds. The van der Waals surface area contributed by atoms with Crippen LogP contribution in [0.25, 0.3) is 0 Å². The number of hydrogen-bond donors (Lipinski definition) is 3. The van der Waals surface area contributed by atoms with Gasteiger partial charge in [-0.25, -0.2) is 0 Å². The van der Waals surface area contributed by atoms with Gasteiger partial charge in [0.15, 0.2) is 0 Å². The van der Waals surface area contributed by atoms with Gasteiger partial charge in [0.2, 0.25) is 11.8 Å². The van der Waals surface area contributed by atoms with Crippen molar-refractivity contribution in [1.29, 1.82) is 0 Å². The predicted molar refractivity (Wildman–Crippen MR) is 63.5 cm³/mol. The van der Waals surface area contributed by atoms with Crippen molar-refractivity contribution in [2.45, 2.75) is 39.7 Å². The van der Waals surface area contributed by atoms with Crippen molar-refractivity contribution < 1.29 is 25.0 Å². The summed E-state index contributed by atoms with van der Waals surface area (Å²) in [6.45, 7) is 6.75. The van der Waals surface area contributed by atoms with Gasteiger partial charge in [0.1, 0.15) is 5.60 Å². The van der Waals surface area contributed by atoms with Crippen LogP contribution in [-0.2, 0) is 15.1 Å². The van der Waals surface area contributed by atoms with E-state index in [9.17, 15) is 20.2 Å². The average Bonchev–Trinajstić information content (AvgIpc) is 2.55. The van der Waals surface area contributed by atoms with Crippen LogP contribution in [0.4, 0.5) is 0 Å². The molecular weight excluding hydrogens is 238 g/mol. The second kappa shape index (κ2) is 4.80. The fraction of sp³-hybridized carbons (Fsp3) is 0.583. The molecule has 6 nitrogen and oxygen atoms in total. The highest BCUT2D eigenvalue weighted by Crippen LogP contribution is 2.37. The third-order valence-corrected chi connectivity index (χ3v) is 2.95. The molecule has 1 aromatic rings. The highest BCUT2D eigenvalue weighted by atomic mass is 16.6. The van der Waals surface area contributed by atoms with Crippen LogP contribution in [0, 0.1) is 5.92 Å². The number of aromatic nitrogens is 1. The lowest BCUT2D eigenvalue weighted by Crippen LogP contribution is -2.28. The fourth-order valence-corrected chi connectivity index (χ4v) is 1.49. The Bertz CT molecular complexity index is 450. The summed E-state index contributed by atoms with van der Waals surface area (Å²) >= 11 is 0. The van der Waals surface area contributed by atoms with E-state index in [-0.39, 0.29) is 16.2 Å². The van der Waals surface area contributed by atoms with Crippen LogP contribution in [0.1, 0.15) is 39.7 Å². The lowest BCUT2D eigenvalue weighted by atomic mass is 10.00. The largest absolute Gasteiger partial charge is 0.492 e. The Balaban J connectivity index is 2.99. The number of rotatable bonds is 4. The van der Waals surface area contributed by atoms with Crippen LogP contribution < -0.4 is 0 Å². The number of hydrogen-bond acceptors (Lipinski definition) is 5. The molecule has 0 saturated heterocycles. The van der Waals surface area contributed by atoms with Crippen LogP contribution in [0.2, 0.25) is 0 Å². The molecule has 6 heteroatoms. The molecule has 0 spiro atoms. The first-order chi connectivity index (χ1) is 8.20. The number of carbonyl (C=O) groups is 1. The second-order valence-corrected chi connectivity index (χ2v) is 4.79. The maximum absolute atomic E-state index is 11.7. The summed E-state index contributed by atoms with van der Waals surface area (Å²) < 4.78 is 5.52. The minimum Gasteiger partial charge on any atom is -0.492 e. The van der Waals surface area contributed by atoms with Crippen LogP contribution in [0.15, 0.2) is 6.07 Å². The van der Waals surface area contributed by atoms with Gasteiger partial charge < -0.3 is 20.2 Å². The van der Waals surface area contributed by atoms with Crippen molar-refractivity contribution in [3.63, 3.8) is 0 Å². The highest BCUT2D eigenvalue weighted by Gasteiger charge is 2.33. The van der Waals surface area contributed by atoms with Gasteiger partial charge in [-0.3, -0.25) is 4.79 Å². The number of ether oxygens (including phenoxy) is 1. The van der Waals surface area contributed by atoms with E-state index < -0.39 is 23.3 Å². The molecule has 1 unspecified atom stereocenters. The Morgan fingerprint density at radius 1 is 1.50 bits per heavy atom. The van der Waals surface area contributed by atoms with E-state index in [2.05, 4.69) is 0 Å². The minimum absolute atomic E-state index is 0.138. The van der Waals surface area contributed by atoms with E-state index >= 15 is 0 Å². The number of aromatic hydroxyl groups is 2. The summed E-state index contributed by atoms with van der Waals surface area (Å²) in [6, 6.07) is 1.15. The molecule has 0 radical (unpaired) electrons. The van der Waals surface area contributed by atoms with Crippen molar-refractivity contribution in [2.75, 3.05) is 0 Å². The zero-order valence-electron chi connectivity index (χ0n) is 11.0. The first-order valence-electron chi connectivity index (χ1n) is 5.77. The maximum atomic E-state index is 11.7. The molecule has 3 N–H and O–H groups in total. The molecule has 18 heavy (non-hydrogen) atoms. The molecule has 0 fully saturated rings. The molecule has 0 aliphatic heterocycles. The SMILES string of the molecule is CCC(C)C(=O)OC(C)(C)c1cc(O)n(O)c1O. The minimum atomic E-state index is -1.14. The number of esters is 1. The van der Waals surface area contributed by atoms with Crippen molar-refractivity contribution >= 4 is 5.97 Å². The number of carbonyl (C=O) groups excluding carboxylic acids is 1. The first-order valence-corrected chi connectivity index (χ1v) is 5.77. The van der Waals surface area contributed by atoms with Gasteiger partial charge >= 0.3 is 5.97 Å². The number of nitrogens with zero attached hydrogens (tertiary/aromatic N) is 1. The van der Waals surface area contributed by atoms with Gasteiger partial charge in [0.25, 0.3) is 0 Å². The van der Waals surface area contributed by atoms with Gasteiger partial charge in [-0.15, -0.1) is 4.73 Å². The summed E-state index contributed by atoms with van der Waals surface area (Å²) in [5.74, 6) is -1.71. The summed E-state index contributed by atoms with van der Waals surface area (Å²) in [7, 11) is 0. The maximum Gasteiger partial charge on any atom is 0.309 e. The Morgan fingerprint density at radius 3 is 2.44 bits per heavy atom. The van der Waals surface area contributed by atoms with E-state index in [1.165, 1.54) is 0 Å². The third-order valence-electron chi connectivity index (χ3n) is 2.95. The molecule has 0 aliphatic carbocycles. The lowest BCUT2D eigenvalue weighted by molar-refractivity contribution is -0.162. The Morgan fingerprint density at radius 2 is 2.06 bits per heavy atom. The van der Waals surface area contributed by atoms with Crippen LogP contribution in [0.3, 0.4) is 0 Å². The molecule has 1 heterocycles. The van der Waals surface area contributed by atoms with Crippen LogP contribution in [-0.4, -0.2) is 26.1 Å². The molecule has 0 aromatic carbocycles. The second-order valence-electron chi connectivity index (χ2n) is 4.79. The summed E-state index contributed by atoms with van der Waals surface area (Å²) in [5, 5.41) is 28.2. The standard InChI is InChI=1S/C12H19NO5/c1-5-7(2)11(16)18-12(3,4)8-6-9(14)13(17)10(8)15/h6-7,14-15,17H,5H2,1-4H3. The Labute approximate surface area is 105 Å². The molecule has 0 bridgehead atoms. The molecule has 0 aliphatic rings. The van der Waals surface area contributed by atoms with Crippen molar-refractivity contribution in [2.24, 2.45) is 5.92 Å². The van der Waals surface area contributed by atoms with Gasteiger partial charge in [0, 0.05) is 6.07 Å². The normalized spacial score (nSPS) is 13.3. The van der Waals surface area contributed by atoms with E-state index in [0.29, 0.717) is 6.42 Å². The van der Waals surface area contributed by atoms with E-state index in [4.69, 9.17) is 4.74 Å². The zero-order chi connectivity index (χ0) is 14.1. The summed E-state index contributed by atoms with van der Waals surface area (Å²) in [5.41, 5.74) is -1.00. The fourth-order valence-electron chi connectivity index (χ4n) is 1.49. The molecule has 102 valence electrons. The van der Waals surface area contributed by atoms with Crippen LogP contribution >= 0.6 is 0 Å². The summed E-state index contributed by atoms with van der Waals surface area (Å²) in [4.78, 5) is 11.7. The molecule has 0 saturated carbocycles. The monoisotopic (exact) mass is 257 g/mol. The zero-order valence-corrected chi connectivity index (χ0v) is 11.0. The van der Waals surface area contributed by atoms with Gasteiger partial charge in [-0.1, -0.05) is 13.8 Å². The van der Waals surface area contributed by atoms with E-state index in [1.807, 2.05) is 6.92 Å². The first kappa shape index (κ1) is 14.2. The quantitative estimate of drug-likeness (QED) is 0.566. The summed E-state index contributed by atoms with van der Waals surface area (Å²) in [6.07, 6.45) is 0.646. The predicted octanol–water partition coefficient (Wildman–Crippen LogP) is 1.96. The topological polar surface area (TPSA) is 91.9 Å². The molecule has 1 rings (SSSR count). The van der Waals surface area contributed by atoms with Crippen molar-refractivity contribution in [3.05, 3.63) is 11.6 Å². The average molecular weight is 257 g/mol. The van der Waals surface area contributed by atoms with E-state index in [0.717, 1.165) is 6.07 Å². The Hall–Kier alpha value is -1.85. The van der Waals surface area contributed by atoms with Crippen molar-refractivity contribution in [3.8, 4) is 11.8 Å². The lowest BCUT2D eigenvalue weighted by Gasteiger charge is -2.26. The third kappa shape index (κ3) is 2.52. The van der Waals surface area contributed by atoms with Gasteiger partial charge in [0.05, 0.1) is 11.5 Å². The van der Waals surface area contributed by atoms with Crippen LogP contribution in [0.5, 0.6) is 11.8 Å². The van der Waals surface area contributed by atoms with Gasteiger partial charge in [-0.2, -0.15) is 0 Å². The molecular formula is C12H19NO5. The molecule has 1 atom stereocenters. The smallest absolute Gasteiger partial charge is 0.309 e. The van der Waals surface area contributed by atoms with Gasteiger partial charge in [-0.05, 0) is 20.3 Å². The van der Waals surface area contributed by atoms with Crippen molar-refractivity contribution in [1.82, 2.24) is 4.73 Å². The van der Waals surface area contributed by atoms with E-state index in [1.54, 1.807) is 20.8 Å². The Kier molecular flexibility index (Phi) is 3.79. The molecule has 1 aromatic heterocycles. The highest BCUT2D eigenvalue weighted by molar-refractivity contribution is 5.72.